The molecule has 0 bridgehead atoms. The molecule has 1 aliphatic carbocycles. The molecule has 0 atom stereocenters. The molecule has 0 spiro atoms. The SMILES string of the molecule is CCCN(Cc1cccn1Cc1ccc(C(=O)NCCC(C)C)o1)C(=O)C1CCCC1. The first-order valence-corrected chi connectivity index (χ1v) is 11.8. The second-order valence-corrected chi connectivity index (χ2v) is 9.07. The summed E-state index contributed by atoms with van der Waals surface area (Å²) >= 11 is 0. The van der Waals surface area contributed by atoms with Crippen LogP contribution in [0.1, 0.15) is 81.3 Å². The Balaban J connectivity index is 1.61. The molecule has 0 radical (unpaired) electrons. The number of hydrogen-bond donors (Lipinski definition) is 1. The molecule has 2 aromatic heterocycles. The van der Waals surface area contributed by atoms with Crippen LogP contribution in [0.3, 0.4) is 0 Å². The number of aromatic nitrogens is 1. The average molecular weight is 428 g/mol. The Hall–Kier alpha value is -2.50. The lowest BCUT2D eigenvalue weighted by molar-refractivity contribution is -0.136. The van der Waals surface area contributed by atoms with Crippen LogP contribution < -0.4 is 5.32 Å². The van der Waals surface area contributed by atoms with Gasteiger partial charge in [-0.3, -0.25) is 9.59 Å². The van der Waals surface area contributed by atoms with Crippen molar-refractivity contribution in [2.24, 2.45) is 11.8 Å². The smallest absolute Gasteiger partial charge is 0.286 e. The number of hydrogen-bond acceptors (Lipinski definition) is 3. The highest BCUT2D eigenvalue weighted by atomic mass is 16.4. The van der Waals surface area contributed by atoms with Crippen LogP contribution in [-0.2, 0) is 17.9 Å². The highest BCUT2D eigenvalue weighted by Crippen LogP contribution is 2.27. The average Bonchev–Trinajstić information content (AvgIpc) is 3.50. The zero-order chi connectivity index (χ0) is 22.2. The number of amides is 2. The first kappa shape index (κ1) is 23.2. The summed E-state index contributed by atoms with van der Waals surface area (Å²) in [7, 11) is 0. The number of nitrogens with one attached hydrogen (secondary N) is 1. The largest absolute Gasteiger partial charge is 0.454 e. The number of nitrogens with zero attached hydrogens (tertiary/aromatic N) is 2. The lowest BCUT2D eigenvalue weighted by atomic mass is 10.1. The Morgan fingerprint density at radius 1 is 1.23 bits per heavy atom. The van der Waals surface area contributed by atoms with Crippen molar-refractivity contribution in [1.82, 2.24) is 14.8 Å². The van der Waals surface area contributed by atoms with Gasteiger partial charge in [0.1, 0.15) is 5.76 Å². The maximum Gasteiger partial charge on any atom is 0.286 e. The van der Waals surface area contributed by atoms with Crippen molar-refractivity contribution in [2.75, 3.05) is 13.1 Å². The van der Waals surface area contributed by atoms with Gasteiger partial charge in [0.05, 0.1) is 13.1 Å². The Labute approximate surface area is 186 Å². The summed E-state index contributed by atoms with van der Waals surface area (Å²) in [6, 6.07) is 7.65. The molecular formula is C25H37N3O3. The van der Waals surface area contributed by atoms with Crippen LogP contribution in [0, 0.1) is 11.8 Å². The molecule has 6 nitrogen and oxygen atoms in total. The monoisotopic (exact) mass is 427 g/mol. The van der Waals surface area contributed by atoms with Crippen molar-refractivity contribution >= 4 is 11.8 Å². The van der Waals surface area contributed by atoms with Gasteiger partial charge in [-0.25, -0.2) is 0 Å². The molecule has 0 saturated heterocycles. The highest BCUT2D eigenvalue weighted by Gasteiger charge is 2.27. The maximum atomic E-state index is 13.0. The highest BCUT2D eigenvalue weighted by molar-refractivity contribution is 5.91. The van der Waals surface area contributed by atoms with Crippen LogP contribution in [0.15, 0.2) is 34.9 Å². The molecule has 6 heteroatoms. The van der Waals surface area contributed by atoms with Gasteiger partial charge < -0.3 is 19.2 Å². The van der Waals surface area contributed by atoms with Crippen molar-refractivity contribution in [3.05, 3.63) is 47.7 Å². The van der Waals surface area contributed by atoms with Crippen LogP contribution in [0.4, 0.5) is 0 Å². The van der Waals surface area contributed by atoms with Crippen molar-refractivity contribution < 1.29 is 14.0 Å². The van der Waals surface area contributed by atoms with E-state index >= 15 is 0 Å². The molecule has 2 amide bonds. The first-order chi connectivity index (χ1) is 15.0. The molecule has 1 N–H and O–H groups in total. The first-order valence-electron chi connectivity index (χ1n) is 11.8. The molecular weight excluding hydrogens is 390 g/mol. The number of furan rings is 1. The molecule has 2 aromatic rings. The third-order valence-electron chi connectivity index (χ3n) is 6.00. The van der Waals surface area contributed by atoms with Gasteiger partial charge in [0, 0.05) is 30.9 Å². The predicted molar refractivity (Wildman–Crippen MR) is 122 cm³/mol. The van der Waals surface area contributed by atoms with Gasteiger partial charge in [-0.2, -0.15) is 0 Å². The third-order valence-corrected chi connectivity index (χ3v) is 6.00. The van der Waals surface area contributed by atoms with E-state index in [1.807, 2.05) is 23.2 Å². The molecule has 170 valence electrons. The summed E-state index contributed by atoms with van der Waals surface area (Å²) < 4.78 is 7.90. The second kappa shape index (κ2) is 11.2. The summed E-state index contributed by atoms with van der Waals surface area (Å²) in [4.78, 5) is 27.3. The van der Waals surface area contributed by atoms with Crippen LogP contribution >= 0.6 is 0 Å². The molecule has 0 unspecified atom stereocenters. The fraction of sp³-hybridized carbons (Fsp3) is 0.600. The fourth-order valence-electron chi connectivity index (χ4n) is 4.23. The second-order valence-electron chi connectivity index (χ2n) is 9.07. The van der Waals surface area contributed by atoms with Crippen molar-refractivity contribution in [1.29, 1.82) is 0 Å². The zero-order valence-corrected chi connectivity index (χ0v) is 19.2. The Bertz CT molecular complexity index is 846. The number of carbonyl (C=O) groups excluding carboxylic acids is 2. The quantitative estimate of drug-likeness (QED) is 0.558. The molecule has 31 heavy (non-hydrogen) atoms. The van der Waals surface area contributed by atoms with E-state index in [0.717, 1.165) is 43.7 Å². The van der Waals surface area contributed by atoms with Gasteiger partial charge in [0.2, 0.25) is 5.91 Å². The Morgan fingerprint density at radius 3 is 2.71 bits per heavy atom. The topological polar surface area (TPSA) is 67.5 Å². The molecule has 1 fully saturated rings. The van der Waals surface area contributed by atoms with E-state index in [0.29, 0.717) is 37.2 Å². The lowest BCUT2D eigenvalue weighted by Gasteiger charge is -2.26. The van der Waals surface area contributed by atoms with Crippen LogP contribution in [0.25, 0.3) is 0 Å². The Kier molecular flexibility index (Phi) is 8.38. The third kappa shape index (κ3) is 6.49. The number of rotatable bonds is 11. The Morgan fingerprint density at radius 2 is 2.00 bits per heavy atom. The minimum Gasteiger partial charge on any atom is -0.454 e. The van der Waals surface area contributed by atoms with E-state index in [1.165, 1.54) is 12.8 Å². The van der Waals surface area contributed by atoms with Gasteiger partial charge in [-0.05, 0) is 55.9 Å². The minimum atomic E-state index is -0.170. The zero-order valence-electron chi connectivity index (χ0n) is 19.2. The van der Waals surface area contributed by atoms with E-state index in [9.17, 15) is 9.59 Å². The predicted octanol–water partition coefficient (Wildman–Crippen LogP) is 4.83. The molecule has 3 rings (SSSR count). The van der Waals surface area contributed by atoms with Gasteiger partial charge in [-0.1, -0.05) is 33.6 Å². The molecule has 1 aliphatic rings. The summed E-state index contributed by atoms with van der Waals surface area (Å²) in [5.74, 6) is 1.94. The minimum absolute atomic E-state index is 0.170. The van der Waals surface area contributed by atoms with E-state index < -0.39 is 0 Å². The van der Waals surface area contributed by atoms with Gasteiger partial charge in [-0.15, -0.1) is 0 Å². The van der Waals surface area contributed by atoms with Crippen LogP contribution in [-0.4, -0.2) is 34.4 Å². The number of carbonyl (C=O) groups is 2. The standard InChI is InChI=1S/C25H37N3O3/c1-4-15-28(25(30)20-8-5-6-9-20)17-21-10-7-16-27(21)18-22-11-12-23(31-22)24(29)26-14-13-19(2)3/h7,10-12,16,19-20H,4-6,8-9,13-15,17-18H2,1-3H3,(H,26,29). The lowest BCUT2D eigenvalue weighted by Crippen LogP contribution is -2.36. The van der Waals surface area contributed by atoms with E-state index in [2.05, 4.69) is 36.7 Å². The summed E-state index contributed by atoms with van der Waals surface area (Å²) in [6.07, 6.45) is 8.27. The van der Waals surface area contributed by atoms with E-state index in [4.69, 9.17) is 4.42 Å². The van der Waals surface area contributed by atoms with E-state index in [-0.39, 0.29) is 11.8 Å². The van der Waals surface area contributed by atoms with Gasteiger partial charge in [0.15, 0.2) is 5.76 Å². The van der Waals surface area contributed by atoms with E-state index in [1.54, 1.807) is 6.07 Å². The van der Waals surface area contributed by atoms with Crippen LogP contribution in [0.5, 0.6) is 0 Å². The summed E-state index contributed by atoms with van der Waals surface area (Å²) in [5, 5.41) is 2.91. The summed E-state index contributed by atoms with van der Waals surface area (Å²) in [6.45, 7) is 8.96. The molecule has 0 aromatic carbocycles. The normalized spacial score (nSPS) is 14.3. The fourth-order valence-corrected chi connectivity index (χ4v) is 4.23. The molecule has 1 saturated carbocycles. The molecule has 2 heterocycles. The van der Waals surface area contributed by atoms with Crippen molar-refractivity contribution in [2.45, 2.75) is 72.4 Å². The maximum absolute atomic E-state index is 13.0. The van der Waals surface area contributed by atoms with Gasteiger partial charge >= 0.3 is 0 Å². The summed E-state index contributed by atoms with van der Waals surface area (Å²) in [5.41, 5.74) is 1.08. The van der Waals surface area contributed by atoms with Gasteiger partial charge in [0.25, 0.3) is 5.91 Å². The van der Waals surface area contributed by atoms with Crippen molar-refractivity contribution in [3.63, 3.8) is 0 Å². The van der Waals surface area contributed by atoms with Crippen LogP contribution in [0.2, 0.25) is 0 Å². The van der Waals surface area contributed by atoms with Crippen molar-refractivity contribution in [3.8, 4) is 0 Å². The molecule has 0 aliphatic heterocycles.